The quantitative estimate of drug-likeness (QED) is 0.277. The number of fused-ring (bicyclic) bond motifs is 1. The van der Waals surface area contributed by atoms with E-state index in [1.54, 1.807) is 6.07 Å². The van der Waals surface area contributed by atoms with Crippen molar-refractivity contribution in [1.29, 1.82) is 0 Å². The number of carboxylic acids is 1. The summed E-state index contributed by atoms with van der Waals surface area (Å²) < 4.78 is 19.2. The highest BCUT2D eigenvalue weighted by Gasteiger charge is 2.31. The molecule has 4 aromatic rings. The molecule has 1 saturated heterocycles. The third kappa shape index (κ3) is 6.00. The largest absolute Gasteiger partial charge is 0.488 e. The molecule has 224 valence electrons. The average Bonchev–Trinajstić information content (AvgIpc) is 3.44. The van der Waals surface area contributed by atoms with E-state index in [1.165, 1.54) is 29.1 Å². The maximum Gasteiger partial charge on any atom is 0.342 e. The molecule has 0 spiro atoms. The molecule has 2 aliphatic rings. The second kappa shape index (κ2) is 12.2. The monoisotopic (exact) mass is 582 g/mol. The number of para-hydroxylation sites is 1. The van der Waals surface area contributed by atoms with Crippen molar-refractivity contribution >= 4 is 5.97 Å². The summed E-state index contributed by atoms with van der Waals surface area (Å²) in [4.78, 5) is 19.0. The lowest BCUT2D eigenvalue weighted by molar-refractivity contribution is -0.0674. The van der Waals surface area contributed by atoms with Gasteiger partial charge >= 0.3 is 5.97 Å². The summed E-state index contributed by atoms with van der Waals surface area (Å²) in [5.74, 6) is 0.210. The summed E-state index contributed by atoms with van der Waals surface area (Å²) in [7, 11) is 1.42. The molecule has 0 saturated carbocycles. The van der Waals surface area contributed by atoms with E-state index in [1.807, 2.05) is 37.3 Å². The summed E-state index contributed by atoms with van der Waals surface area (Å²) >= 11 is 0. The van der Waals surface area contributed by atoms with Gasteiger partial charge in [0.1, 0.15) is 17.9 Å². The number of aromatic carboxylic acids is 1. The predicted octanol–water partition coefficient (Wildman–Crippen LogP) is 5.84. The zero-order valence-corrected chi connectivity index (χ0v) is 25.1. The lowest BCUT2D eigenvalue weighted by atomic mass is 9.92. The third-order valence-corrected chi connectivity index (χ3v) is 8.47. The first kappa shape index (κ1) is 28.9. The number of pyridine rings is 1. The van der Waals surface area contributed by atoms with Crippen LogP contribution >= 0.6 is 0 Å². The molecule has 0 bridgehead atoms. The average molecular weight is 583 g/mol. The van der Waals surface area contributed by atoms with Gasteiger partial charge in [-0.3, -0.25) is 4.90 Å². The molecule has 1 N–H and O–H groups in total. The highest BCUT2D eigenvalue weighted by Crippen LogP contribution is 2.34. The van der Waals surface area contributed by atoms with E-state index in [4.69, 9.17) is 19.2 Å². The van der Waals surface area contributed by atoms with Crippen LogP contribution in [0, 0.1) is 6.92 Å². The Balaban J connectivity index is 1.20. The lowest BCUT2D eigenvalue weighted by Crippen LogP contribution is -2.46. The minimum atomic E-state index is -1.11. The van der Waals surface area contributed by atoms with Crippen LogP contribution in [-0.2, 0) is 24.3 Å². The Morgan fingerprint density at radius 1 is 1.07 bits per heavy atom. The van der Waals surface area contributed by atoms with E-state index in [2.05, 4.69) is 42.0 Å². The van der Waals surface area contributed by atoms with Crippen molar-refractivity contribution in [2.45, 2.75) is 71.4 Å². The molecule has 6 rings (SSSR count). The summed E-state index contributed by atoms with van der Waals surface area (Å²) in [5.41, 5.74) is 6.45. The van der Waals surface area contributed by atoms with Gasteiger partial charge in [-0.1, -0.05) is 36.4 Å². The van der Waals surface area contributed by atoms with Crippen molar-refractivity contribution in [1.82, 2.24) is 19.7 Å². The van der Waals surface area contributed by atoms with Crippen molar-refractivity contribution in [2.75, 3.05) is 13.7 Å². The van der Waals surface area contributed by atoms with Crippen molar-refractivity contribution in [3.63, 3.8) is 0 Å². The van der Waals surface area contributed by atoms with E-state index < -0.39 is 5.97 Å². The Labute approximate surface area is 252 Å². The molecule has 0 aliphatic carbocycles. The molecule has 2 atom stereocenters. The SMILES string of the molecule is COc1c(C(=O)O)cnn1-c1cccc(-c2cccc(C)c2OCc2ccc3c(c2)CCN(C2CC(C)OC(C)C2)C3)n1. The number of methoxy groups -OCH3 is 1. The van der Waals surface area contributed by atoms with Crippen molar-refractivity contribution < 1.29 is 24.1 Å². The molecule has 1 fully saturated rings. The highest BCUT2D eigenvalue weighted by molar-refractivity contribution is 5.90. The maximum absolute atomic E-state index is 11.6. The van der Waals surface area contributed by atoms with E-state index in [9.17, 15) is 9.90 Å². The summed E-state index contributed by atoms with van der Waals surface area (Å²) in [5, 5.41) is 13.7. The number of carboxylic acid groups (broad SMARTS) is 1. The van der Waals surface area contributed by atoms with Crippen LogP contribution in [0.2, 0.25) is 0 Å². The van der Waals surface area contributed by atoms with Gasteiger partial charge in [0.2, 0.25) is 5.88 Å². The van der Waals surface area contributed by atoms with E-state index in [-0.39, 0.29) is 11.4 Å². The van der Waals surface area contributed by atoms with Gasteiger partial charge < -0.3 is 19.3 Å². The molecule has 43 heavy (non-hydrogen) atoms. The van der Waals surface area contributed by atoms with Gasteiger partial charge in [0.25, 0.3) is 0 Å². The predicted molar refractivity (Wildman–Crippen MR) is 163 cm³/mol. The number of benzene rings is 2. The Kier molecular flexibility index (Phi) is 8.19. The molecule has 2 aliphatic heterocycles. The Hall–Kier alpha value is -4.21. The number of rotatable bonds is 8. The number of hydrogen-bond donors (Lipinski definition) is 1. The van der Waals surface area contributed by atoms with Gasteiger partial charge in [0, 0.05) is 24.7 Å². The van der Waals surface area contributed by atoms with Crippen molar-refractivity contribution in [3.8, 4) is 28.7 Å². The minimum absolute atomic E-state index is 0.0279. The topological polar surface area (TPSA) is 98.9 Å². The second-order valence-corrected chi connectivity index (χ2v) is 11.6. The molecule has 2 unspecified atom stereocenters. The van der Waals surface area contributed by atoms with Gasteiger partial charge in [0.05, 0.1) is 31.2 Å². The normalized spacial score (nSPS) is 20.4. The van der Waals surface area contributed by atoms with Crippen LogP contribution in [0.15, 0.2) is 60.8 Å². The molecule has 4 heterocycles. The molecule has 0 amide bonds. The lowest BCUT2D eigenvalue weighted by Gasteiger charge is -2.41. The first-order chi connectivity index (χ1) is 20.8. The smallest absolute Gasteiger partial charge is 0.342 e. The molecule has 0 radical (unpaired) electrons. The van der Waals surface area contributed by atoms with Crippen LogP contribution in [0.3, 0.4) is 0 Å². The molecular weight excluding hydrogens is 544 g/mol. The number of aryl methyl sites for hydroxylation is 1. The molecular formula is C34H38N4O5. The van der Waals surface area contributed by atoms with Crippen LogP contribution in [0.4, 0.5) is 0 Å². The number of carbonyl (C=O) groups is 1. The van der Waals surface area contributed by atoms with Crippen molar-refractivity contribution in [2.24, 2.45) is 0 Å². The molecule has 9 heteroatoms. The van der Waals surface area contributed by atoms with Crippen molar-refractivity contribution in [3.05, 3.63) is 88.6 Å². The summed E-state index contributed by atoms with van der Waals surface area (Å²) in [6.07, 6.45) is 5.13. The van der Waals surface area contributed by atoms with Crippen LogP contribution < -0.4 is 9.47 Å². The summed E-state index contributed by atoms with van der Waals surface area (Å²) in [6.45, 7) is 8.90. The second-order valence-electron chi connectivity index (χ2n) is 11.6. The first-order valence-electron chi connectivity index (χ1n) is 14.9. The number of aromatic nitrogens is 3. The zero-order chi connectivity index (χ0) is 30.1. The standard InChI is InChI=1S/C34H38N4O5/c1-21-7-5-8-28(30-9-6-10-31(36-30)38-33(41-4)29(18-35-38)34(39)40)32(21)42-20-24-11-12-26-19-37(14-13-25(26)17-24)27-15-22(2)43-23(3)16-27/h5-12,17-18,22-23,27H,13-16,19-20H2,1-4H3,(H,39,40). The Morgan fingerprint density at radius 3 is 2.63 bits per heavy atom. The Bertz CT molecular complexity index is 1620. The Morgan fingerprint density at radius 2 is 1.86 bits per heavy atom. The fourth-order valence-corrected chi connectivity index (χ4v) is 6.43. The number of nitrogens with zero attached hydrogens (tertiary/aromatic N) is 4. The van der Waals surface area contributed by atoms with Gasteiger partial charge in [0.15, 0.2) is 5.82 Å². The highest BCUT2D eigenvalue weighted by atomic mass is 16.5. The van der Waals surface area contributed by atoms with Gasteiger partial charge in [-0.25, -0.2) is 9.78 Å². The van der Waals surface area contributed by atoms with Gasteiger partial charge in [-0.15, -0.1) is 0 Å². The number of ether oxygens (including phenoxy) is 3. The fourth-order valence-electron chi connectivity index (χ4n) is 6.43. The van der Waals surface area contributed by atoms with Crippen LogP contribution in [0.1, 0.15) is 59.3 Å². The van der Waals surface area contributed by atoms with Crippen LogP contribution in [0.5, 0.6) is 11.6 Å². The van der Waals surface area contributed by atoms with Gasteiger partial charge in [-0.2, -0.15) is 9.78 Å². The minimum Gasteiger partial charge on any atom is -0.488 e. The third-order valence-electron chi connectivity index (χ3n) is 8.47. The number of hydrogen-bond acceptors (Lipinski definition) is 7. The molecule has 9 nitrogen and oxygen atoms in total. The zero-order valence-electron chi connectivity index (χ0n) is 25.1. The fraction of sp³-hybridized carbons (Fsp3) is 0.382. The summed E-state index contributed by atoms with van der Waals surface area (Å²) in [6, 6.07) is 18.8. The van der Waals surface area contributed by atoms with Gasteiger partial charge in [-0.05, 0) is 80.5 Å². The van der Waals surface area contributed by atoms with E-state index in [0.29, 0.717) is 36.4 Å². The van der Waals surface area contributed by atoms with E-state index >= 15 is 0 Å². The maximum atomic E-state index is 11.6. The molecule has 2 aromatic heterocycles. The molecule has 2 aromatic carbocycles. The van der Waals surface area contributed by atoms with Crippen LogP contribution in [0.25, 0.3) is 17.1 Å². The van der Waals surface area contributed by atoms with Crippen LogP contribution in [-0.4, -0.2) is 62.6 Å². The van der Waals surface area contributed by atoms with E-state index in [0.717, 1.165) is 54.8 Å². The first-order valence-corrected chi connectivity index (χ1v) is 14.9.